The normalized spacial score (nSPS) is 12.1. The Morgan fingerprint density at radius 2 is 1.22 bits per heavy atom. The molecule has 0 radical (unpaired) electrons. The lowest BCUT2D eigenvalue weighted by molar-refractivity contribution is 0.0979. The predicted octanol–water partition coefficient (Wildman–Crippen LogP) is 8.77. The van der Waals surface area contributed by atoms with Gasteiger partial charge in [-0.05, 0) is 55.4 Å². The Kier molecular flexibility index (Phi) is 15.3. The number of methoxy groups -OCH3 is 4. The molecule has 0 aliphatic rings. The van der Waals surface area contributed by atoms with Gasteiger partial charge in [-0.25, -0.2) is 0 Å². The van der Waals surface area contributed by atoms with E-state index in [0.29, 0.717) is 5.92 Å². The molecular formula is C32H52O5. The third-order valence-corrected chi connectivity index (χ3v) is 7.25. The first kappa shape index (κ1) is 31.1. The standard InChI is InChI=1S/C32H52O5/c1-7-8-9-10-11-12-13-14-15-16-22-37-24-25(2)18-17-19-26-23-29(35-5)30-27(33-3)20-21-28(34-4)31(30)32(26)36-6/h20-21,23,25H,7-19,22,24H2,1-6H3. The highest BCUT2D eigenvalue weighted by atomic mass is 16.5. The molecule has 210 valence electrons. The molecule has 0 spiro atoms. The number of benzene rings is 2. The van der Waals surface area contributed by atoms with Crippen molar-refractivity contribution in [3.05, 3.63) is 23.8 Å². The average molecular weight is 517 g/mol. The number of hydrogen-bond acceptors (Lipinski definition) is 5. The van der Waals surface area contributed by atoms with Crippen molar-refractivity contribution >= 4 is 10.8 Å². The summed E-state index contributed by atoms with van der Waals surface area (Å²) in [4.78, 5) is 0. The molecule has 1 unspecified atom stereocenters. The fourth-order valence-electron chi connectivity index (χ4n) is 5.11. The van der Waals surface area contributed by atoms with Crippen LogP contribution in [0.4, 0.5) is 0 Å². The quantitative estimate of drug-likeness (QED) is 0.155. The van der Waals surface area contributed by atoms with Crippen LogP contribution in [0.5, 0.6) is 23.0 Å². The highest BCUT2D eigenvalue weighted by Crippen LogP contribution is 2.46. The van der Waals surface area contributed by atoms with E-state index in [-0.39, 0.29) is 0 Å². The first-order valence-corrected chi connectivity index (χ1v) is 14.5. The minimum Gasteiger partial charge on any atom is -0.496 e. The van der Waals surface area contributed by atoms with E-state index in [0.717, 1.165) is 71.8 Å². The predicted molar refractivity (Wildman–Crippen MR) is 155 cm³/mol. The van der Waals surface area contributed by atoms with Crippen LogP contribution < -0.4 is 18.9 Å². The van der Waals surface area contributed by atoms with Crippen LogP contribution in [0.15, 0.2) is 18.2 Å². The second-order valence-electron chi connectivity index (χ2n) is 10.2. The van der Waals surface area contributed by atoms with Crippen molar-refractivity contribution in [2.24, 2.45) is 5.92 Å². The largest absolute Gasteiger partial charge is 0.496 e. The zero-order valence-electron chi connectivity index (χ0n) is 24.5. The maximum atomic E-state index is 5.99. The summed E-state index contributed by atoms with van der Waals surface area (Å²) >= 11 is 0. The lowest BCUT2D eigenvalue weighted by atomic mass is 9.96. The molecule has 0 aliphatic carbocycles. The fourth-order valence-corrected chi connectivity index (χ4v) is 5.11. The molecule has 0 aromatic heterocycles. The number of aryl methyl sites for hydroxylation is 1. The van der Waals surface area contributed by atoms with Crippen molar-refractivity contribution in [2.75, 3.05) is 41.7 Å². The zero-order chi connectivity index (χ0) is 26.9. The third-order valence-electron chi connectivity index (χ3n) is 7.25. The number of ether oxygens (including phenoxy) is 5. The lowest BCUT2D eigenvalue weighted by Crippen LogP contribution is -2.08. The summed E-state index contributed by atoms with van der Waals surface area (Å²) in [5, 5.41) is 1.77. The Morgan fingerprint density at radius 3 is 1.78 bits per heavy atom. The van der Waals surface area contributed by atoms with Crippen molar-refractivity contribution in [3.8, 4) is 23.0 Å². The third kappa shape index (κ3) is 9.92. The van der Waals surface area contributed by atoms with Gasteiger partial charge in [0.1, 0.15) is 23.0 Å². The van der Waals surface area contributed by atoms with Gasteiger partial charge >= 0.3 is 0 Å². The molecule has 5 nitrogen and oxygen atoms in total. The van der Waals surface area contributed by atoms with E-state index in [1.807, 2.05) is 12.1 Å². The topological polar surface area (TPSA) is 46.2 Å². The minimum absolute atomic E-state index is 0.533. The smallest absolute Gasteiger partial charge is 0.134 e. The summed E-state index contributed by atoms with van der Waals surface area (Å²) in [6.07, 6.45) is 16.6. The van der Waals surface area contributed by atoms with Gasteiger partial charge in [0, 0.05) is 13.2 Å². The van der Waals surface area contributed by atoms with Crippen LogP contribution in [0.1, 0.15) is 96.5 Å². The number of hydrogen-bond donors (Lipinski definition) is 0. The molecule has 2 rings (SSSR count). The van der Waals surface area contributed by atoms with Crippen LogP contribution in [0.25, 0.3) is 10.8 Å². The molecule has 0 N–H and O–H groups in total. The molecule has 2 aromatic carbocycles. The van der Waals surface area contributed by atoms with E-state index in [1.165, 1.54) is 64.2 Å². The zero-order valence-corrected chi connectivity index (χ0v) is 24.5. The summed E-state index contributed by atoms with van der Waals surface area (Å²) in [6.45, 7) is 6.28. The molecule has 0 saturated heterocycles. The summed E-state index contributed by atoms with van der Waals surface area (Å²) in [6, 6.07) is 5.90. The molecule has 1 atom stereocenters. The Bertz CT molecular complexity index is 895. The van der Waals surface area contributed by atoms with E-state index in [2.05, 4.69) is 19.9 Å². The van der Waals surface area contributed by atoms with Gasteiger partial charge < -0.3 is 23.7 Å². The number of unbranched alkanes of at least 4 members (excludes halogenated alkanes) is 9. The van der Waals surface area contributed by atoms with E-state index in [1.54, 1.807) is 28.4 Å². The number of fused-ring (bicyclic) bond motifs is 1. The second kappa shape index (κ2) is 18.2. The van der Waals surface area contributed by atoms with Gasteiger partial charge in [-0.2, -0.15) is 0 Å². The van der Waals surface area contributed by atoms with E-state index in [9.17, 15) is 0 Å². The van der Waals surface area contributed by atoms with E-state index < -0.39 is 0 Å². The monoisotopic (exact) mass is 516 g/mol. The van der Waals surface area contributed by atoms with Gasteiger partial charge in [0.15, 0.2) is 0 Å². The molecule has 5 heteroatoms. The van der Waals surface area contributed by atoms with Crippen LogP contribution in [0.2, 0.25) is 0 Å². The maximum absolute atomic E-state index is 5.99. The van der Waals surface area contributed by atoms with Gasteiger partial charge in [-0.1, -0.05) is 71.6 Å². The van der Waals surface area contributed by atoms with Crippen molar-refractivity contribution in [3.63, 3.8) is 0 Å². The van der Waals surface area contributed by atoms with Gasteiger partial charge in [0.05, 0.1) is 39.2 Å². The highest BCUT2D eigenvalue weighted by molar-refractivity contribution is 6.03. The Hall–Kier alpha value is -2.14. The van der Waals surface area contributed by atoms with Crippen LogP contribution in [-0.4, -0.2) is 41.7 Å². The highest BCUT2D eigenvalue weighted by Gasteiger charge is 2.20. The van der Waals surface area contributed by atoms with Crippen LogP contribution >= 0.6 is 0 Å². The summed E-state index contributed by atoms with van der Waals surface area (Å²) in [7, 11) is 6.75. The first-order valence-electron chi connectivity index (χ1n) is 14.5. The lowest BCUT2D eigenvalue weighted by Gasteiger charge is -2.19. The average Bonchev–Trinajstić information content (AvgIpc) is 2.92. The Labute approximate surface area is 226 Å². The van der Waals surface area contributed by atoms with Crippen LogP contribution in [0, 0.1) is 5.92 Å². The maximum Gasteiger partial charge on any atom is 0.134 e. The van der Waals surface area contributed by atoms with Gasteiger partial charge in [-0.15, -0.1) is 0 Å². The van der Waals surface area contributed by atoms with E-state index in [4.69, 9.17) is 23.7 Å². The van der Waals surface area contributed by atoms with Crippen molar-refractivity contribution in [1.29, 1.82) is 0 Å². The van der Waals surface area contributed by atoms with Crippen LogP contribution in [0.3, 0.4) is 0 Å². The molecule has 37 heavy (non-hydrogen) atoms. The number of rotatable bonds is 21. The fraction of sp³-hybridized carbons (Fsp3) is 0.688. The first-order chi connectivity index (χ1) is 18.1. The van der Waals surface area contributed by atoms with E-state index >= 15 is 0 Å². The molecule has 0 bridgehead atoms. The molecule has 2 aromatic rings. The Morgan fingerprint density at radius 1 is 0.649 bits per heavy atom. The van der Waals surface area contributed by atoms with Crippen LogP contribution in [-0.2, 0) is 11.2 Å². The van der Waals surface area contributed by atoms with Crippen molar-refractivity contribution in [2.45, 2.75) is 97.3 Å². The molecule has 0 fully saturated rings. The molecule has 0 saturated carbocycles. The summed E-state index contributed by atoms with van der Waals surface area (Å²) in [5.74, 6) is 3.63. The summed E-state index contributed by atoms with van der Waals surface area (Å²) < 4.78 is 28.9. The van der Waals surface area contributed by atoms with Gasteiger partial charge in [0.25, 0.3) is 0 Å². The molecular weight excluding hydrogens is 464 g/mol. The summed E-state index contributed by atoms with van der Waals surface area (Å²) in [5.41, 5.74) is 1.12. The molecule has 0 heterocycles. The van der Waals surface area contributed by atoms with Crippen molar-refractivity contribution < 1.29 is 23.7 Å². The minimum atomic E-state index is 0.533. The van der Waals surface area contributed by atoms with Gasteiger partial charge in [-0.3, -0.25) is 0 Å². The van der Waals surface area contributed by atoms with Gasteiger partial charge in [0.2, 0.25) is 0 Å². The molecule has 0 amide bonds. The molecule has 0 aliphatic heterocycles. The second-order valence-corrected chi connectivity index (χ2v) is 10.2. The Balaban J connectivity index is 1.77. The van der Waals surface area contributed by atoms with Crippen molar-refractivity contribution in [1.82, 2.24) is 0 Å². The SMILES string of the molecule is CCCCCCCCCCCCOCC(C)CCCc1cc(OC)c2c(OC)ccc(OC)c2c1OC.